The minimum atomic E-state index is -0.642. The van der Waals surface area contributed by atoms with E-state index in [0.29, 0.717) is 6.61 Å². The molecule has 4 heteroatoms. The maximum absolute atomic E-state index is 11.8. The summed E-state index contributed by atoms with van der Waals surface area (Å²) < 4.78 is 5.05. The summed E-state index contributed by atoms with van der Waals surface area (Å²) in [6.07, 6.45) is 12.0. The number of carbonyl (C=O) groups is 1. The molecule has 1 fully saturated rings. The van der Waals surface area contributed by atoms with Crippen molar-refractivity contribution in [3.05, 3.63) is 94.2 Å². The molecule has 0 spiro atoms. The maximum atomic E-state index is 11.8. The predicted molar refractivity (Wildman–Crippen MR) is 160 cm³/mol. The van der Waals surface area contributed by atoms with E-state index in [-0.39, 0.29) is 17.8 Å². The fourth-order valence-electron chi connectivity index (χ4n) is 6.11. The number of aryl methyl sites for hydroxylation is 2. The molecular weight excluding hydrogens is 482 g/mol. The highest BCUT2D eigenvalue weighted by Gasteiger charge is 2.32. The molecule has 1 aliphatic carbocycles. The number of pyridine rings is 1. The molecule has 0 unspecified atom stereocenters. The van der Waals surface area contributed by atoms with Gasteiger partial charge in [-0.3, -0.25) is 9.78 Å². The van der Waals surface area contributed by atoms with Gasteiger partial charge in [-0.05, 0) is 85.9 Å². The molecule has 0 bridgehead atoms. The zero-order valence-electron chi connectivity index (χ0n) is 24.2. The van der Waals surface area contributed by atoms with E-state index in [1.807, 2.05) is 25.1 Å². The minimum Gasteiger partial charge on any atom is -0.466 e. The van der Waals surface area contributed by atoms with Gasteiger partial charge in [-0.2, -0.15) is 0 Å². The van der Waals surface area contributed by atoms with Crippen molar-refractivity contribution in [1.82, 2.24) is 4.98 Å². The van der Waals surface area contributed by atoms with Crippen LogP contribution in [0.3, 0.4) is 0 Å². The topological polar surface area (TPSA) is 59.4 Å². The van der Waals surface area contributed by atoms with Gasteiger partial charge >= 0.3 is 5.97 Å². The first-order chi connectivity index (χ1) is 18.7. The van der Waals surface area contributed by atoms with Crippen molar-refractivity contribution in [2.45, 2.75) is 90.6 Å². The van der Waals surface area contributed by atoms with Crippen LogP contribution < -0.4 is 0 Å². The van der Waals surface area contributed by atoms with Gasteiger partial charge in [0.05, 0.1) is 24.3 Å². The standard InChI is InChI=1S/C35H43NO3/c1-6-35(7-2,29-13-12-28(25(4)21-29)17-20-34(38)18-9-10-19-34)30-14-15-31(26(5)22-30)32-16-11-27(24-36-32)23-33(37)39-8-3/h11-17,20-22,24,38H,6-10,18-19,23H2,1-5H3/b20-17+. The Morgan fingerprint density at radius 2 is 1.64 bits per heavy atom. The van der Waals surface area contributed by atoms with Crippen LogP contribution in [0.5, 0.6) is 0 Å². The second kappa shape index (κ2) is 12.3. The average Bonchev–Trinajstić information content (AvgIpc) is 3.36. The molecular formula is C35H43NO3. The van der Waals surface area contributed by atoms with Crippen LogP contribution in [0.1, 0.15) is 92.7 Å². The lowest BCUT2D eigenvalue weighted by Gasteiger charge is -2.34. The zero-order chi connectivity index (χ0) is 28.0. The molecule has 0 radical (unpaired) electrons. The normalized spacial score (nSPS) is 15.1. The van der Waals surface area contributed by atoms with Crippen molar-refractivity contribution < 1.29 is 14.6 Å². The van der Waals surface area contributed by atoms with Crippen LogP contribution >= 0.6 is 0 Å². The van der Waals surface area contributed by atoms with Crippen molar-refractivity contribution in [2.75, 3.05) is 6.61 Å². The third kappa shape index (κ3) is 6.33. The highest BCUT2D eigenvalue weighted by Crippen LogP contribution is 2.41. The van der Waals surface area contributed by atoms with Gasteiger partial charge in [0.2, 0.25) is 0 Å². The number of hydrogen-bond donors (Lipinski definition) is 1. The van der Waals surface area contributed by atoms with Gasteiger partial charge in [0, 0.05) is 17.2 Å². The van der Waals surface area contributed by atoms with Crippen LogP contribution in [0, 0.1) is 13.8 Å². The summed E-state index contributed by atoms with van der Waals surface area (Å²) in [6.45, 7) is 11.1. The van der Waals surface area contributed by atoms with Crippen LogP contribution in [0.2, 0.25) is 0 Å². The number of rotatable bonds is 10. The SMILES string of the molecule is CCOC(=O)Cc1ccc(-c2ccc(C(CC)(CC)c3ccc(/C=C/C4(O)CCCC4)c(C)c3)cc2C)nc1. The average molecular weight is 526 g/mol. The molecule has 2 aromatic carbocycles. The molecule has 0 saturated heterocycles. The second-order valence-corrected chi connectivity index (χ2v) is 11.1. The second-order valence-electron chi connectivity index (χ2n) is 11.1. The highest BCUT2D eigenvalue weighted by molar-refractivity contribution is 5.73. The Morgan fingerprint density at radius 1 is 0.974 bits per heavy atom. The smallest absolute Gasteiger partial charge is 0.310 e. The molecule has 206 valence electrons. The largest absolute Gasteiger partial charge is 0.466 e. The van der Waals surface area contributed by atoms with E-state index >= 15 is 0 Å². The lowest BCUT2D eigenvalue weighted by atomic mass is 9.69. The molecule has 0 atom stereocenters. The van der Waals surface area contributed by atoms with Crippen LogP contribution in [-0.4, -0.2) is 28.3 Å². The third-order valence-electron chi connectivity index (χ3n) is 8.61. The molecule has 3 aromatic rings. The lowest BCUT2D eigenvalue weighted by molar-refractivity contribution is -0.142. The van der Waals surface area contributed by atoms with Crippen molar-refractivity contribution in [3.8, 4) is 11.3 Å². The first-order valence-electron chi connectivity index (χ1n) is 14.5. The van der Waals surface area contributed by atoms with Crippen LogP contribution in [0.15, 0.2) is 60.8 Å². The van der Waals surface area contributed by atoms with E-state index in [9.17, 15) is 9.90 Å². The molecule has 4 nitrogen and oxygen atoms in total. The van der Waals surface area contributed by atoms with Crippen molar-refractivity contribution >= 4 is 12.0 Å². The van der Waals surface area contributed by atoms with E-state index in [2.05, 4.69) is 75.2 Å². The van der Waals surface area contributed by atoms with Gasteiger partial charge in [0.25, 0.3) is 0 Å². The number of aromatic nitrogens is 1. The Morgan fingerprint density at radius 3 is 2.21 bits per heavy atom. The number of hydrogen-bond acceptors (Lipinski definition) is 4. The number of aliphatic hydroxyl groups is 1. The summed E-state index contributed by atoms with van der Waals surface area (Å²) >= 11 is 0. The first kappa shape index (κ1) is 28.8. The molecule has 4 rings (SSSR count). The van der Waals surface area contributed by atoms with E-state index < -0.39 is 5.60 Å². The predicted octanol–water partition coefficient (Wildman–Crippen LogP) is 7.90. The Balaban J connectivity index is 1.60. The maximum Gasteiger partial charge on any atom is 0.310 e. The molecule has 1 aromatic heterocycles. The first-order valence-corrected chi connectivity index (χ1v) is 14.5. The lowest BCUT2D eigenvalue weighted by Crippen LogP contribution is -2.26. The van der Waals surface area contributed by atoms with Gasteiger partial charge in [-0.1, -0.05) is 81.3 Å². The Kier molecular flexibility index (Phi) is 9.07. The number of nitrogens with zero attached hydrogens (tertiary/aromatic N) is 1. The molecule has 1 N–H and O–H groups in total. The van der Waals surface area contributed by atoms with Crippen molar-refractivity contribution in [2.24, 2.45) is 0 Å². The summed E-state index contributed by atoms with van der Waals surface area (Å²) in [7, 11) is 0. The number of benzene rings is 2. The number of carbonyl (C=O) groups excluding carboxylic acids is 1. The quantitative estimate of drug-likeness (QED) is 0.273. The van der Waals surface area contributed by atoms with Gasteiger partial charge in [0.15, 0.2) is 0 Å². The molecule has 39 heavy (non-hydrogen) atoms. The van der Waals surface area contributed by atoms with Crippen LogP contribution in [0.25, 0.3) is 17.3 Å². The zero-order valence-corrected chi connectivity index (χ0v) is 24.2. The van der Waals surface area contributed by atoms with E-state index in [0.717, 1.165) is 55.3 Å². The Hall–Kier alpha value is -3.24. The number of esters is 1. The van der Waals surface area contributed by atoms with E-state index in [1.54, 1.807) is 6.20 Å². The molecule has 1 heterocycles. The Labute approximate surface area is 234 Å². The highest BCUT2D eigenvalue weighted by atomic mass is 16.5. The minimum absolute atomic E-state index is 0.0864. The van der Waals surface area contributed by atoms with Gasteiger partial charge < -0.3 is 9.84 Å². The monoisotopic (exact) mass is 525 g/mol. The van der Waals surface area contributed by atoms with Gasteiger partial charge in [-0.25, -0.2) is 0 Å². The van der Waals surface area contributed by atoms with Crippen molar-refractivity contribution in [1.29, 1.82) is 0 Å². The summed E-state index contributed by atoms with van der Waals surface area (Å²) in [5.74, 6) is -0.228. The van der Waals surface area contributed by atoms with Crippen LogP contribution in [-0.2, 0) is 21.4 Å². The van der Waals surface area contributed by atoms with Crippen molar-refractivity contribution in [3.63, 3.8) is 0 Å². The van der Waals surface area contributed by atoms with E-state index in [1.165, 1.54) is 27.8 Å². The fourth-order valence-corrected chi connectivity index (χ4v) is 6.11. The molecule has 0 amide bonds. The Bertz CT molecular complexity index is 1310. The van der Waals surface area contributed by atoms with E-state index in [4.69, 9.17) is 4.74 Å². The summed E-state index contributed by atoms with van der Waals surface area (Å²) in [5.41, 5.74) is 8.37. The molecule has 1 saturated carbocycles. The fraction of sp³-hybridized carbons (Fsp3) is 0.429. The summed E-state index contributed by atoms with van der Waals surface area (Å²) in [4.78, 5) is 16.5. The summed E-state index contributed by atoms with van der Waals surface area (Å²) in [6, 6.07) is 17.5. The third-order valence-corrected chi connectivity index (χ3v) is 8.61. The van der Waals surface area contributed by atoms with Gasteiger partial charge in [-0.15, -0.1) is 0 Å². The molecule has 1 aliphatic rings. The van der Waals surface area contributed by atoms with Crippen LogP contribution in [0.4, 0.5) is 0 Å². The van der Waals surface area contributed by atoms with Gasteiger partial charge in [0.1, 0.15) is 0 Å². The summed E-state index contributed by atoms with van der Waals surface area (Å²) in [5, 5.41) is 10.7. The number of ether oxygens (including phenoxy) is 1. The molecule has 0 aliphatic heterocycles.